The second-order valence-corrected chi connectivity index (χ2v) is 13.5. The van der Waals surface area contributed by atoms with Gasteiger partial charge in [-0.3, -0.25) is 4.79 Å². The van der Waals surface area contributed by atoms with Crippen molar-refractivity contribution >= 4 is 11.6 Å². The van der Waals surface area contributed by atoms with Crippen LogP contribution in [0.3, 0.4) is 0 Å². The van der Waals surface area contributed by atoms with Crippen molar-refractivity contribution in [2.24, 2.45) is 40.4 Å². The molecular weight excluding hydrogens is 456 g/mol. The zero-order valence-corrected chi connectivity index (χ0v) is 22.1. The number of benzene rings is 1. The average Bonchev–Trinajstić information content (AvgIpc) is 3.40. The van der Waals surface area contributed by atoms with Crippen molar-refractivity contribution in [3.8, 4) is 0 Å². The summed E-state index contributed by atoms with van der Waals surface area (Å²) in [6.07, 6.45) is 14.1. The molecule has 8 atom stereocenters. The molecule has 5 aliphatic rings. The highest BCUT2D eigenvalue weighted by molar-refractivity contribution is 5.95. The fraction of sp³-hybridized carbons (Fsp3) is 0.774. The number of hydrogen-bond donors (Lipinski definition) is 1. The lowest BCUT2D eigenvalue weighted by Gasteiger charge is -2.61. The first-order chi connectivity index (χ1) is 17.2. The molecule has 4 saturated carbocycles. The molecule has 0 radical (unpaired) electrons. The molecule has 5 heteroatoms. The molecule has 1 amide bonds. The van der Waals surface area contributed by atoms with Crippen LogP contribution in [-0.4, -0.2) is 23.7 Å². The van der Waals surface area contributed by atoms with Crippen LogP contribution in [0.2, 0.25) is 0 Å². The van der Waals surface area contributed by atoms with Gasteiger partial charge in [0.25, 0.3) is 0 Å². The van der Waals surface area contributed by atoms with Gasteiger partial charge in [-0.15, -0.1) is 0 Å². The molecule has 1 heterocycles. The Morgan fingerprint density at radius 2 is 1.75 bits per heavy atom. The van der Waals surface area contributed by atoms with E-state index in [0.29, 0.717) is 47.7 Å². The summed E-state index contributed by atoms with van der Waals surface area (Å²) >= 11 is 0. The molecular formula is C31H43F2NO2. The first-order valence-electron chi connectivity index (χ1n) is 14.7. The molecule has 1 aromatic carbocycles. The minimum atomic E-state index is -0.874. The number of nitrogens with zero attached hydrogens (tertiary/aromatic N) is 1. The summed E-state index contributed by atoms with van der Waals surface area (Å²) in [4.78, 5) is 14.7. The van der Waals surface area contributed by atoms with Crippen LogP contribution < -0.4 is 4.90 Å². The summed E-state index contributed by atoms with van der Waals surface area (Å²) in [6, 6.07) is 2.44. The molecule has 0 bridgehead atoms. The second kappa shape index (κ2) is 9.06. The van der Waals surface area contributed by atoms with Gasteiger partial charge in [0.15, 0.2) is 11.6 Å². The van der Waals surface area contributed by atoms with E-state index >= 15 is 0 Å². The number of rotatable bonds is 4. The highest BCUT2D eigenvalue weighted by atomic mass is 19.2. The van der Waals surface area contributed by atoms with Gasteiger partial charge in [-0.2, -0.15) is 0 Å². The smallest absolute Gasteiger partial charge is 0.226 e. The van der Waals surface area contributed by atoms with E-state index in [9.17, 15) is 18.7 Å². The van der Waals surface area contributed by atoms with Gasteiger partial charge in [-0.1, -0.05) is 13.8 Å². The predicted octanol–water partition coefficient (Wildman–Crippen LogP) is 7.04. The highest BCUT2D eigenvalue weighted by Gasteiger charge is 2.59. The molecule has 4 aliphatic carbocycles. The third kappa shape index (κ3) is 3.85. The molecule has 7 unspecified atom stereocenters. The van der Waals surface area contributed by atoms with Gasteiger partial charge in [0.05, 0.1) is 6.10 Å². The lowest BCUT2D eigenvalue weighted by Crippen LogP contribution is -2.53. The second-order valence-electron chi connectivity index (χ2n) is 13.5. The lowest BCUT2D eigenvalue weighted by molar-refractivity contribution is -0.127. The SMILES string of the molecule is CC12CCC3C(CCC4C[C@H](O)CCC43C)C1CCC2CCCC(=O)N1CCc2cc(F)c(F)cc21. The van der Waals surface area contributed by atoms with Crippen molar-refractivity contribution in [3.05, 3.63) is 29.3 Å². The number of carbonyl (C=O) groups is 1. The summed E-state index contributed by atoms with van der Waals surface area (Å²) in [5.41, 5.74) is 2.11. The topological polar surface area (TPSA) is 40.5 Å². The van der Waals surface area contributed by atoms with Crippen LogP contribution in [0.25, 0.3) is 0 Å². The molecule has 0 spiro atoms. The zero-order valence-electron chi connectivity index (χ0n) is 22.1. The highest BCUT2D eigenvalue weighted by Crippen LogP contribution is 2.67. The Morgan fingerprint density at radius 3 is 2.58 bits per heavy atom. The van der Waals surface area contributed by atoms with Crippen molar-refractivity contribution < 1.29 is 18.7 Å². The van der Waals surface area contributed by atoms with Crippen LogP contribution in [0, 0.1) is 52.1 Å². The maximum Gasteiger partial charge on any atom is 0.226 e. The summed E-state index contributed by atoms with van der Waals surface area (Å²) in [5.74, 6) is 2.21. The van der Waals surface area contributed by atoms with E-state index in [-0.39, 0.29) is 12.0 Å². The Balaban J connectivity index is 1.08. The molecule has 0 aromatic heterocycles. The summed E-state index contributed by atoms with van der Waals surface area (Å²) in [7, 11) is 0. The van der Waals surface area contributed by atoms with Crippen molar-refractivity contribution in [2.75, 3.05) is 11.4 Å². The van der Waals surface area contributed by atoms with E-state index in [0.717, 1.165) is 49.0 Å². The molecule has 198 valence electrons. The summed E-state index contributed by atoms with van der Waals surface area (Å²) in [6.45, 7) is 5.64. The monoisotopic (exact) mass is 499 g/mol. The molecule has 1 aliphatic heterocycles. The van der Waals surface area contributed by atoms with Crippen LogP contribution in [0.15, 0.2) is 12.1 Å². The van der Waals surface area contributed by atoms with E-state index in [1.807, 2.05) is 0 Å². The number of aliphatic hydroxyl groups excluding tert-OH is 1. The van der Waals surface area contributed by atoms with Crippen molar-refractivity contribution in [1.82, 2.24) is 0 Å². The molecule has 1 aromatic rings. The lowest BCUT2D eigenvalue weighted by atomic mass is 9.44. The molecule has 6 rings (SSSR count). The van der Waals surface area contributed by atoms with Gasteiger partial charge in [-0.05, 0) is 129 Å². The predicted molar refractivity (Wildman–Crippen MR) is 137 cm³/mol. The Morgan fingerprint density at radius 1 is 1.00 bits per heavy atom. The number of halogens is 2. The standard InChI is InChI=1S/C31H43F2NO2/c1-30-14-11-25-23(8-6-21-17-22(35)10-13-31(21,25)2)24(30)9-7-20(30)4-3-5-29(36)34-15-12-19-16-26(32)27(33)18-28(19)34/h16,18,20-25,35H,3-15,17H2,1-2H3/t20?,21?,22-,23?,24?,25?,30?,31?/m1/s1. The molecule has 0 saturated heterocycles. The number of fused-ring (bicyclic) bond motifs is 6. The van der Waals surface area contributed by atoms with E-state index in [2.05, 4.69) is 13.8 Å². The van der Waals surface area contributed by atoms with Gasteiger partial charge >= 0.3 is 0 Å². The maximum atomic E-state index is 13.8. The fourth-order valence-corrected chi connectivity index (χ4v) is 10.1. The third-order valence-electron chi connectivity index (χ3n) is 12.1. The van der Waals surface area contributed by atoms with Gasteiger partial charge in [-0.25, -0.2) is 8.78 Å². The van der Waals surface area contributed by atoms with E-state index in [1.165, 1.54) is 57.1 Å². The number of amides is 1. The molecule has 1 N–H and O–H groups in total. The van der Waals surface area contributed by atoms with Crippen LogP contribution in [0.1, 0.15) is 96.5 Å². The maximum absolute atomic E-state index is 13.8. The van der Waals surface area contributed by atoms with Crippen LogP contribution in [0.5, 0.6) is 0 Å². The number of carbonyl (C=O) groups excluding carboxylic acids is 1. The number of hydrogen-bond acceptors (Lipinski definition) is 2. The number of anilines is 1. The van der Waals surface area contributed by atoms with Crippen LogP contribution in [-0.2, 0) is 11.2 Å². The quantitative estimate of drug-likeness (QED) is 0.482. The van der Waals surface area contributed by atoms with Crippen molar-refractivity contribution in [2.45, 2.75) is 103 Å². The number of aliphatic hydroxyl groups is 1. The minimum Gasteiger partial charge on any atom is -0.393 e. The Kier molecular flexibility index (Phi) is 6.25. The molecule has 36 heavy (non-hydrogen) atoms. The Labute approximate surface area is 215 Å². The Hall–Kier alpha value is -1.49. The van der Waals surface area contributed by atoms with Gasteiger partial charge < -0.3 is 10.0 Å². The zero-order chi connectivity index (χ0) is 25.2. The van der Waals surface area contributed by atoms with Crippen molar-refractivity contribution in [1.29, 1.82) is 0 Å². The van der Waals surface area contributed by atoms with Crippen LogP contribution >= 0.6 is 0 Å². The summed E-state index contributed by atoms with van der Waals surface area (Å²) in [5, 5.41) is 10.3. The van der Waals surface area contributed by atoms with E-state index in [1.54, 1.807) is 4.90 Å². The fourth-order valence-electron chi connectivity index (χ4n) is 10.1. The molecule has 3 nitrogen and oxygen atoms in total. The van der Waals surface area contributed by atoms with Crippen LogP contribution in [0.4, 0.5) is 14.5 Å². The minimum absolute atomic E-state index is 0.0499. The Bertz CT molecular complexity index is 1030. The largest absolute Gasteiger partial charge is 0.393 e. The normalized spacial score (nSPS) is 41.4. The van der Waals surface area contributed by atoms with E-state index in [4.69, 9.17) is 0 Å². The van der Waals surface area contributed by atoms with Crippen molar-refractivity contribution in [3.63, 3.8) is 0 Å². The first kappa shape index (κ1) is 24.8. The third-order valence-corrected chi connectivity index (χ3v) is 12.1. The summed E-state index contributed by atoms with van der Waals surface area (Å²) < 4.78 is 27.4. The van der Waals surface area contributed by atoms with Gasteiger partial charge in [0.1, 0.15) is 0 Å². The van der Waals surface area contributed by atoms with Gasteiger partial charge in [0.2, 0.25) is 5.91 Å². The average molecular weight is 500 g/mol. The first-order valence-corrected chi connectivity index (χ1v) is 14.7. The van der Waals surface area contributed by atoms with Gasteiger partial charge in [0, 0.05) is 24.7 Å². The molecule has 4 fully saturated rings. The van der Waals surface area contributed by atoms with E-state index < -0.39 is 11.6 Å².